The van der Waals surface area contributed by atoms with Gasteiger partial charge in [-0.25, -0.2) is 4.79 Å². The number of halogens is 1. The predicted octanol–water partition coefficient (Wildman–Crippen LogP) is 1.75. The summed E-state index contributed by atoms with van der Waals surface area (Å²) in [5.41, 5.74) is 0.849. The van der Waals surface area contributed by atoms with Gasteiger partial charge in [0, 0.05) is 13.6 Å². The summed E-state index contributed by atoms with van der Waals surface area (Å²) in [6.45, 7) is 0.740. The number of hydrogen-bond acceptors (Lipinski definition) is 3. The Bertz CT molecular complexity index is 519. The lowest BCUT2D eigenvalue weighted by Crippen LogP contribution is -2.42. The molecule has 1 saturated heterocycles. The van der Waals surface area contributed by atoms with Crippen LogP contribution in [0, 0.1) is 0 Å². The highest BCUT2D eigenvalue weighted by Crippen LogP contribution is 2.32. The van der Waals surface area contributed by atoms with Crippen LogP contribution in [0.2, 0.25) is 5.02 Å². The molecule has 1 aromatic carbocycles. The van der Waals surface area contributed by atoms with Crippen molar-refractivity contribution in [3.05, 3.63) is 28.8 Å². The topological polar surface area (TPSA) is 69.6 Å². The first-order valence-corrected chi connectivity index (χ1v) is 6.43. The zero-order valence-electron chi connectivity index (χ0n) is 10.5. The Hall–Kier alpha value is -1.75. The van der Waals surface area contributed by atoms with E-state index in [0.717, 1.165) is 19.4 Å². The molecule has 1 amide bonds. The Morgan fingerprint density at radius 1 is 1.47 bits per heavy atom. The van der Waals surface area contributed by atoms with E-state index in [1.807, 2.05) is 4.90 Å². The molecule has 1 aliphatic heterocycles. The average Bonchev–Trinajstić information content (AvgIpc) is 2.86. The Morgan fingerprint density at radius 3 is 2.79 bits per heavy atom. The number of carbonyl (C=O) groups excluding carboxylic acids is 1. The van der Waals surface area contributed by atoms with E-state index in [9.17, 15) is 9.59 Å². The number of carboxylic acids is 1. The summed E-state index contributed by atoms with van der Waals surface area (Å²) in [6.07, 6.45) is 1.69. The normalized spacial score (nSPS) is 18.4. The first-order chi connectivity index (χ1) is 9.04. The van der Waals surface area contributed by atoms with Crippen LogP contribution in [0.25, 0.3) is 0 Å². The van der Waals surface area contributed by atoms with Crippen molar-refractivity contribution in [3.8, 4) is 0 Å². The molecule has 1 fully saturated rings. The molecule has 19 heavy (non-hydrogen) atoms. The van der Waals surface area contributed by atoms with Crippen LogP contribution < -0.4 is 10.2 Å². The lowest BCUT2D eigenvalue weighted by Gasteiger charge is -2.26. The second kappa shape index (κ2) is 5.48. The fraction of sp³-hybridized carbons (Fsp3) is 0.385. The third kappa shape index (κ3) is 2.66. The number of anilines is 1. The van der Waals surface area contributed by atoms with Crippen LogP contribution in [0.1, 0.15) is 23.2 Å². The highest BCUT2D eigenvalue weighted by Gasteiger charge is 2.31. The molecule has 0 aromatic heterocycles. The van der Waals surface area contributed by atoms with Crippen molar-refractivity contribution >= 4 is 29.2 Å². The van der Waals surface area contributed by atoms with E-state index in [1.54, 1.807) is 13.1 Å². The minimum absolute atomic E-state index is 0.0455. The van der Waals surface area contributed by atoms with Gasteiger partial charge in [0.25, 0.3) is 0 Å². The quantitative estimate of drug-likeness (QED) is 0.886. The van der Waals surface area contributed by atoms with Gasteiger partial charge in [0.2, 0.25) is 5.91 Å². The van der Waals surface area contributed by atoms with E-state index in [2.05, 4.69) is 5.32 Å². The van der Waals surface area contributed by atoms with E-state index in [4.69, 9.17) is 16.7 Å². The molecule has 0 bridgehead atoms. The van der Waals surface area contributed by atoms with E-state index < -0.39 is 5.97 Å². The maximum Gasteiger partial charge on any atom is 0.335 e. The molecule has 0 spiro atoms. The largest absolute Gasteiger partial charge is 0.478 e. The third-order valence-corrected chi connectivity index (χ3v) is 3.61. The fourth-order valence-corrected chi connectivity index (χ4v) is 2.66. The standard InChI is InChI=1S/C13H15ClN2O3/c1-15-12(17)11-3-2-6-16(11)10-5-4-8(13(18)19)7-9(10)14/h4-5,7,11H,2-3,6H2,1H3,(H,15,17)(H,18,19). The Morgan fingerprint density at radius 2 is 2.21 bits per heavy atom. The number of benzene rings is 1. The van der Waals surface area contributed by atoms with Gasteiger partial charge >= 0.3 is 5.97 Å². The number of nitrogens with one attached hydrogen (secondary N) is 1. The summed E-state index contributed by atoms with van der Waals surface area (Å²) < 4.78 is 0. The van der Waals surface area contributed by atoms with E-state index in [0.29, 0.717) is 10.7 Å². The lowest BCUT2D eigenvalue weighted by molar-refractivity contribution is -0.121. The molecule has 2 N–H and O–H groups in total. The number of hydrogen-bond donors (Lipinski definition) is 2. The van der Waals surface area contributed by atoms with Crippen molar-refractivity contribution in [2.24, 2.45) is 0 Å². The molecule has 1 heterocycles. The molecule has 1 aromatic rings. The minimum atomic E-state index is -1.02. The Balaban J connectivity index is 2.31. The van der Waals surface area contributed by atoms with Crippen LogP contribution in [-0.4, -0.2) is 36.6 Å². The smallest absolute Gasteiger partial charge is 0.335 e. The van der Waals surface area contributed by atoms with Gasteiger partial charge in [-0.3, -0.25) is 4.79 Å². The molecule has 1 atom stereocenters. The van der Waals surface area contributed by atoms with Crippen molar-refractivity contribution in [2.45, 2.75) is 18.9 Å². The van der Waals surface area contributed by atoms with Gasteiger partial charge < -0.3 is 15.3 Å². The summed E-state index contributed by atoms with van der Waals surface area (Å²) in [5.74, 6) is -1.06. The molecule has 0 saturated carbocycles. The molecule has 0 aliphatic carbocycles. The van der Waals surface area contributed by atoms with Crippen molar-refractivity contribution in [2.75, 3.05) is 18.5 Å². The molecule has 1 unspecified atom stereocenters. The van der Waals surface area contributed by atoms with Crippen LogP contribution in [0.15, 0.2) is 18.2 Å². The Labute approximate surface area is 116 Å². The van der Waals surface area contributed by atoms with Gasteiger partial charge in [-0.05, 0) is 31.0 Å². The summed E-state index contributed by atoms with van der Waals surface area (Å²) in [4.78, 5) is 24.6. The maximum atomic E-state index is 11.8. The SMILES string of the molecule is CNC(=O)C1CCCN1c1ccc(C(=O)O)cc1Cl. The zero-order valence-corrected chi connectivity index (χ0v) is 11.3. The molecule has 0 radical (unpaired) electrons. The molecule has 6 heteroatoms. The van der Waals surface area contributed by atoms with Crippen LogP contribution in [0.4, 0.5) is 5.69 Å². The summed E-state index contributed by atoms with van der Waals surface area (Å²) in [7, 11) is 1.61. The summed E-state index contributed by atoms with van der Waals surface area (Å²) >= 11 is 6.13. The van der Waals surface area contributed by atoms with Gasteiger partial charge in [0.1, 0.15) is 6.04 Å². The number of aromatic carboxylic acids is 1. The number of rotatable bonds is 3. The maximum absolute atomic E-state index is 11.8. The van der Waals surface area contributed by atoms with Crippen molar-refractivity contribution in [3.63, 3.8) is 0 Å². The lowest BCUT2D eigenvalue weighted by atomic mass is 10.1. The number of likely N-dealkylation sites (N-methyl/N-ethyl adjacent to an activating group) is 1. The number of amides is 1. The van der Waals surface area contributed by atoms with E-state index in [1.165, 1.54) is 12.1 Å². The first-order valence-electron chi connectivity index (χ1n) is 6.05. The van der Waals surface area contributed by atoms with Crippen molar-refractivity contribution in [1.29, 1.82) is 0 Å². The van der Waals surface area contributed by atoms with Gasteiger partial charge in [-0.1, -0.05) is 11.6 Å². The molecule has 2 rings (SSSR count). The molecule has 1 aliphatic rings. The molecular weight excluding hydrogens is 268 g/mol. The van der Waals surface area contributed by atoms with Gasteiger partial charge in [0.15, 0.2) is 0 Å². The monoisotopic (exact) mass is 282 g/mol. The highest BCUT2D eigenvalue weighted by molar-refractivity contribution is 6.33. The second-order valence-electron chi connectivity index (χ2n) is 4.44. The Kier molecular flexibility index (Phi) is 3.95. The third-order valence-electron chi connectivity index (χ3n) is 3.31. The second-order valence-corrected chi connectivity index (χ2v) is 4.84. The molecule has 5 nitrogen and oxygen atoms in total. The molecular formula is C13H15ClN2O3. The average molecular weight is 283 g/mol. The van der Waals surface area contributed by atoms with Gasteiger partial charge in [-0.15, -0.1) is 0 Å². The predicted molar refractivity (Wildman–Crippen MR) is 72.8 cm³/mol. The van der Waals surface area contributed by atoms with Crippen LogP contribution in [0.3, 0.4) is 0 Å². The zero-order chi connectivity index (χ0) is 14.0. The minimum Gasteiger partial charge on any atom is -0.478 e. The van der Waals surface area contributed by atoms with Crippen molar-refractivity contribution < 1.29 is 14.7 Å². The first kappa shape index (κ1) is 13.7. The van der Waals surface area contributed by atoms with Gasteiger partial charge in [0.05, 0.1) is 16.3 Å². The number of nitrogens with zero attached hydrogens (tertiary/aromatic N) is 1. The van der Waals surface area contributed by atoms with Crippen LogP contribution in [-0.2, 0) is 4.79 Å². The summed E-state index contributed by atoms with van der Waals surface area (Å²) in [6, 6.07) is 4.34. The van der Waals surface area contributed by atoms with E-state index in [-0.39, 0.29) is 17.5 Å². The highest BCUT2D eigenvalue weighted by atomic mass is 35.5. The van der Waals surface area contributed by atoms with Gasteiger partial charge in [-0.2, -0.15) is 0 Å². The summed E-state index contributed by atoms with van der Waals surface area (Å²) in [5, 5.41) is 11.9. The van der Waals surface area contributed by atoms with Crippen LogP contribution in [0.5, 0.6) is 0 Å². The molecule has 102 valence electrons. The van der Waals surface area contributed by atoms with Crippen LogP contribution >= 0.6 is 11.6 Å². The van der Waals surface area contributed by atoms with E-state index >= 15 is 0 Å². The number of carbonyl (C=O) groups is 2. The number of carboxylic acid groups (broad SMARTS) is 1. The fourth-order valence-electron chi connectivity index (χ4n) is 2.37. The van der Waals surface area contributed by atoms with Crippen molar-refractivity contribution in [1.82, 2.24) is 5.32 Å².